The Morgan fingerprint density at radius 3 is 2.42 bits per heavy atom. The van der Waals surface area contributed by atoms with Crippen LogP contribution >= 0.6 is 0 Å². The standard InChI is InChI=1S/C27H34N4O2/c1-6-27(22-14-12-20(4)13-15-22)17-16-26(5,18-31(19(2)3)25(32)29-27)24-28-23(30-33-24)21-10-8-7-9-11-21/h7-15,19H,6,16-18H2,1-5H3,(H,29,32)/t26-,27-/m0/s1. The molecule has 1 aliphatic heterocycles. The number of carbonyl (C=O) groups is 1. The zero-order valence-corrected chi connectivity index (χ0v) is 20.3. The Bertz CT molecular complexity index is 1090. The largest absolute Gasteiger partial charge is 0.338 e. The van der Waals surface area contributed by atoms with Crippen molar-refractivity contribution in [3.63, 3.8) is 0 Å². The molecule has 0 radical (unpaired) electrons. The number of rotatable bonds is 5. The summed E-state index contributed by atoms with van der Waals surface area (Å²) in [6.07, 6.45) is 2.38. The molecule has 2 amide bonds. The summed E-state index contributed by atoms with van der Waals surface area (Å²) in [7, 11) is 0. The number of nitrogens with zero attached hydrogens (tertiary/aromatic N) is 3. The van der Waals surface area contributed by atoms with Gasteiger partial charge >= 0.3 is 6.03 Å². The summed E-state index contributed by atoms with van der Waals surface area (Å²) in [6, 6.07) is 18.3. The molecule has 0 aliphatic carbocycles. The maximum absolute atomic E-state index is 13.5. The van der Waals surface area contributed by atoms with Gasteiger partial charge < -0.3 is 14.7 Å². The Balaban J connectivity index is 1.74. The highest BCUT2D eigenvalue weighted by molar-refractivity contribution is 5.76. The molecule has 6 heteroatoms. The van der Waals surface area contributed by atoms with Gasteiger partial charge in [0.05, 0.1) is 11.0 Å². The van der Waals surface area contributed by atoms with Crippen molar-refractivity contribution in [3.05, 3.63) is 71.6 Å². The molecule has 2 heterocycles. The van der Waals surface area contributed by atoms with Gasteiger partial charge in [0, 0.05) is 18.2 Å². The first kappa shape index (κ1) is 23.0. The lowest BCUT2D eigenvalue weighted by Gasteiger charge is -2.45. The van der Waals surface area contributed by atoms with Crippen molar-refractivity contribution in [2.24, 2.45) is 0 Å². The van der Waals surface area contributed by atoms with Gasteiger partial charge in [-0.2, -0.15) is 4.98 Å². The number of aryl methyl sites for hydroxylation is 1. The van der Waals surface area contributed by atoms with Crippen LogP contribution in [0.3, 0.4) is 0 Å². The van der Waals surface area contributed by atoms with Crippen LogP contribution in [0.4, 0.5) is 4.79 Å². The van der Waals surface area contributed by atoms with E-state index in [2.05, 4.69) is 55.5 Å². The van der Waals surface area contributed by atoms with Crippen LogP contribution in [0.2, 0.25) is 0 Å². The molecular formula is C27H34N4O2. The number of amides is 2. The molecule has 33 heavy (non-hydrogen) atoms. The lowest BCUT2D eigenvalue weighted by atomic mass is 9.74. The van der Waals surface area contributed by atoms with Gasteiger partial charge in [0.1, 0.15) is 0 Å². The van der Waals surface area contributed by atoms with E-state index in [1.807, 2.05) is 49.1 Å². The van der Waals surface area contributed by atoms with Crippen LogP contribution in [0.5, 0.6) is 0 Å². The lowest BCUT2D eigenvalue weighted by molar-refractivity contribution is 0.112. The van der Waals surface area contributed by atoms with Crippen molar-refractivity contribution in [1.29, 1.82) is 0 Å². The van der Waals surface area contributed by atoms with Crippen LogP contribution in [0, 0.1) is 6.92 Å². The van der Waals surface area contributed by atoms with Gasteiger partial charge in [-0.1, -0.05) is 72.2 Å². The minimum Gasteiger partial charge on any atom is -0.338 e. The van der Waals surface area contributed by atoms with Crippen LogP contribution in [-0.4, -0.2) is 33.7 Å². The number of carbonyl (C=O) groups excluding carboxylic acids is 1. The first-order valence-electron chi connectivity index (χ1n) is 11.8. The van der Waals surface area contributed by atoms with Crippen molar-refractivity contribution in [3.8, 4) is 11.4 Å². The van der Waals surface area contributed by atoms with E-state index < -0.39 is 11.0 Å². The van der Waals surface area contributed by atoms with Crippen molar-refractivity contribution in [2.75, 3.05) is 6.54 Å². The maximum atomic E-state index is 13.5. The second-order valence-corrected chi connectivity index (χ2v) is 9.80. The summed E-state index contributed by atoms with van der Waals surface area (Å²) in [6.45, 7) is 11.0. The van der Waals surface area contributed by atoms with Gasteiger partial charge in [0.2, 0.25) is 11.7 Å². The van der Waals surface area contributed by atoms with Crippen molar-refractivity contribution >= 4 is 6.03 Å². The van der Waals surface area contributed by atoms with E-state index >= 15 is 0 Å². The van der Waals surface area contributed by atoms with E-state index in [0.717, 1.165) is 30.4 Å². The fourth-order valence-electron chi connectivity index (χ4n) is 4.68. The summed E-state index contributed by atoms with van der Waals surface area (Å²) in [5.41, 5.74) is 2.33. The van der Waals surface area contributed by atoms with Crippen molar-refractivity contribution in [1.82, 2.24) is 20.4 Å². The van der Waals surface area contributed by atoms with E-state index in [1.54, 1.807) is 0 Å². The van der Waals surface area contributed by atoms with Crippen LogP contribution < -0.4 is 5.32 Å². The number of aromatic nitrogens is 2. The summed E-state index contributed by atoms with van der Waals surface area (Å²) >= 11 is 0. The van der Waals surface area contributed by atoms with E-state index in [0.29, 0.717) is 18.3 Å². The molecular weight excluding hydrogens is 412 g/mol. The molecule has 2 aromatic carbocycles. The Labute approximate surface area is 196 Å². The average molecular weight is 447 g/mol. The zero-order chi connectivity index (χ0) is 23.6. The van der Waals surface area contributed by atoms with Gasteiger partial charge in [-0.3, -0.25) is 0 Å². The van der Waals surface area contributed by atoms with Gasteiger partial charge in [-0.25, -0.2) is 4.79 Å². The Kier molecular flexibility index (Phi) is 6.28. The highest BCUT2D eigenvalue weighted by atomic mass is 16.5. The molecule has 0 saturated carbocycles. The monoisotopic (exact) mass is 446 g/mol. The molecule has 6 nitrogen and oxygen atoms in total. The molecule has 0 bridgehead atoms. The summed E-state index contributed by atoms with van der Waals surface area (Å²) in [5.74, 6) is 1.16. The van der Waals surface area contributed by atoms with Crippen LogP contribution in [-0.2, 0) is 11.0 Å². The van der Waals surface area contributed by atoms with E-state index in [-0.39, 0.29) is 12.1 Å². The van der Waals surface area contributed by atoms with E-state index in [4.69, 9.17) is 9.51 Å². The Hall–Kier alpha value is -3.15. The first-order chi connectivity index (χ1) is 15.8. The van der Waals surface area contributed by atoms with Crippen molar-refractivity contribution in [2.45, 2.75) is 70.9 Å². The SMILES string of the molecule is CC[C@@]1(c2ccc(C)cc2)CC[C@](C)(c2nc(-c3ccccc3)no2)CN(C(C)C)C(=O)N1. The molecule has 1 aliphatic rings. The zero-order valence-electron chi connectivity index (χ0n) is 20.3. The Morgan fingerprint density at radius 1 is 1.09 bits per heavy atom. The molecule has 1 saturated heterocycles. The third-order valence-electron chi connectivity index (χ3n) is 7.04. The molecule has 1 fully saturated rings. The molecule has 0 spiro atoms. The third-order valence-corrected chi connectivity index (χ3v) is 7.04. The van der Waals surface area contributed by atoms with Crippen LogP contribution in [0.25, 0.3) is 11.4 Å². The van der Waals surface area contributed by atoms with Gasteiger partial charge in [-0.05, 0) is 52.5 Å². The second-order valence-electron chi connectivity index (χ2n) is 9.80. The molecule has 0 unspecified atom stereocenters. The minimum absolute atomic E-state index is 0.0338. The van der Waals surface area contributed by atoms with E-state index in [9.17, 15) is 4.79 Å². The molecule has 4 rings (SSSR count). The highest BCUT2D eigenvalue weighted by Crippen LogP contribution is 2.40. The topological polar surface area (TPSA) is 71.3 Å². The molecule has 3 aromatic rings. The fourth-order valence-corrected chi connectivity index (χ4v) is 4.68. The Morgan fingerprint density at radius 2 is 1.79 bits per heavy atom. The molecule has 1 N–H and O–H groups in total. The predicted molar refractivity (Wildman–Crippen MR) is 130 cm³/mol. The number of benzene rings is 2. The quantitative estimate of drug-likeness (QED) is 0.536. The van der Waals surface area contributed by atoms with Gasteiger partial charge in [-0.15, -0.1) is 0 Å². The number of hydrogen-bond acceptors (Lipinski definition) is 4. The van der Waals surface area contributed by atoms with Crippen LogP contribution in [0.15, 0.2) is 59.1 Å². The normalized spacial score (nSPS) is 23.8. The van der Waals surface area contributed by atoms with E-state index in [1.165, 1.54) is 5.56 Å². The number of nitrogens with one attached hydrogen (secondary N) is 1. The van der Waals surface area contributed by atoms with Crippen LogP contribution in [0.1, 0.15) is 64.0 Å². The van der Waals surface area contributed by atoms with Gasteiger partial charge in [0.25, 0.3) is 0 Å². The van der Waals surface area contributed by atoms with Gasteiger partial charge in [0.15, 0.2) is 0 Å². The molecule has 174 valence electrons. The summed E-state index contributed by atoms with van der Waals surface area (Å²) in [4.78, 5) is 20.2. The lowest BCUT2D eigenvalue weighted by Crippen LogP contribution is -2.58. The minimum atomic E-state index is -0.465. The smallest absolute Gasteiger partial charge is 0.318 e. The molecule has 1 aromatic heterocycles. The average Bonchev–Trinajstić information content (AvgIpc) is 3.31. The maximum Gasteiger partial charge on any atom is 0.318 e. The fraction of sp³-hybridized carbons (Fsp3) is 0.444. The molecule has 2 atom stereocenters. The highest BCUT2D eigenvalue weighted by Gasteiger charge is 2.44. The van der Waals surface area contributed by atoms with Crippen molar-refractivity contribution < 1.29 is 9.32 Å². The number of urea groups is 1. The summed E-state index contributed by atoms with van der Waals surface area (Å²) < 4.78 is 5.82. The summed E-state index contributed by atoms with van der Waals surface area (Å²) in [5, 5.41) is 7.66. The predicted octanol–water partition coefficient (Wildman–Crippen LogP) is 5.82. The first-order valence-corrected chi connectivity index (χ1v) is 11.8. The number of hydrogen-bond donors (Lipinski definition) is 1. The second kappa shape index (κ2) is 9.00. The third kappa shape index (κ3) is 4.52.